The summed E-state index contributed by atoms with van der Waals surface area (Å²) in [5.74, 6) is 0.850. The lowest BCUT2D eigenvalue weighted by Crippen LogP contribution is -2.04. The number of nitrogens with zero attached hydrogens (tertiary/aromatic N) is 2. The fourth-order valence-corrected chi connectivity index (χ4v) is 1.66. The highest BCUT2D eigenvalue weighted by atomic mass is 15.2. The van der Waals surface area contributed by atoms with Gasteiger partial charge in [0.15, 0.2) is 5.82 Å². The predicted molar refractivity (Wildman–Crippen MR) is 67.6 cm³/mol. The van der Waals surface area contributed by atoms with Gasteiger partial charge in [-0.25, -0.2) is 0 Å². The summed E-state index contributed by atoms with van der Waals surface area (Å²) in [6.45, 7) is 6.51. The van der Waals surface area contributed by atoms with Gasteiger partial charge in [0.1, 0.15) is 0 Å². The van der Waals surface area contributed by atoms with Gasteiger partial charge in [0.05, 0.1) is 5.69 Å². The average molecular weight is 213 g/mol. The molecule has 0 amide bonds. The second kappa shape index (κ2) is 4.75. The fraction of sp³-hybridized carbons (Fsp3) is 0.231. The van der Waals surface area contributed by atoms with Gasteiger partial charge >= 0.3 is 0 Å². The van der Waals surface area contributed by atoms with E-state index in [1.807, 2.05) is 25.1 Å². The van der Waals surface area contributed by atoms with Crippen molar-refractivity contribution in [3.8, 4) is 0 Å². The first-order valence-corrected chi connectivity index (χ1v) is 5.39. The Kier molecular flexibility index (Phi) is 3.15. The van der Waals surface area contributed by atoms with E-state index in [9.17, 15) is 0 Å². The molecule has 1 N–H and O–H groups in total. The van der Waals surface area contributed by atoms with Gasteiger partial charge in [-0.15, -0.1) is 11.7 Å². The van der Waals surface area contributed by atoms with Gasteiger partial charge < -0.3 is 5.32 Å². The van der Waals surface area contributed by atoms with Crippen LogP contribution in [-0.2, 0) is 0 Å². The third-order valence-electron chi connectivity index (χ3n) is 2.51. The van der Waals surface area contributed by atoms with Crippen molar-refractivity contribution >= 4 is 16.6 Å². The second-order valence-corrected chi connectivity index (χ2v) is 3.68. The van der Waals surface area contributed by atoms with Gasteiger partial charge in [-0.1, -0.05) is 30.3 Å². The molecule has 0 fully saturated rings. The lowest BCUT2D eigenvalue weighted by Gasteiger charge is -2.08. The van der Waals surface area contributed by atoms with Crippen LogP contribution >= 0.6 is 0 Å². The molecule has 16 heavy (non-hydrogen) atoms. The van der Waals surface area contributed by atoms with E-state index < -0.39 is 0 Å². The molecule has 0 aliphatic rings. The molecule has 1 heterocycles. The quantitative estimate of drug-likeness (QED) is 0.626. The van der Waals surface area contributed by atoms with E-state index in [2.05, 4.69) is 34.2 Å². The number of hydrogen-bond acceptors (Lipinski definition) is 3. The summed E-state index contributed by atoms with van der Waals surface area (Å²) in [5.41, 5.74) is 0.963. The summed E-state index contributed by atoms with van der Waals surface area (Å²) in [6, 6.07) is 8.16. The number of anilines is 1. The molecule has 1 aromatic heterocycles. The van der Waals surface area contributed by atoms with Crippen LogP contribution in [-0.4, -0.2) is 16.7 Å². The van der Waals surface area contributed by atoms with Crippen molar-refractivity contribution in [2.45, 2.75) is 13.3 Å². The molecule has 1 aromatic carbocycles. The van der Waals surface area contributed by atoms with E-state index in [1.165, 1.54) is 0 Å². The summed E-state index contributed by atoms with van der Waals surface area (Å²) < 4.78 is 0. The zero-order valence-electron chi connectivity index (χ0n) is 9.40. The van der Waals surface area contributed by atoms with Crippen LogP contribution in [0.25, 0.3) is 10.8 Å². The van der Waals surface area contributed by atoms with Gasteiger partial charge in [0, 0.05) is 17.3 Å². The van der Waals surface area contributed by atoms with Crippen molar-refractivity contribution in [1.29, 1.82) is 0 Å². The molecule has 3 heteroatoms. The number of hydrogen-bond donors (Lipinski definition) is 1. The maximum atomic E-state index is 4.18. The highest BCUT2D eigenvalue weighted by Gasteiger charge is 2.04. The highest BCUT2D eigenvalue weighted by molar-refractivity contribution is 5.92. The Bertz CT molecular complexity index is 506. The topological polar surface area (TPSA) is 37.8 Å². The van der Waals surface area contributed by atoms with E-state index >= 15 is 0 Å². The first kappa shape index (κ1) is 10.6. The molecule has 2 aromatic rings. The van der Waals surface area contributed by atoms with Gasteiger partial charge in [-0.05, 0) is 13.3 Å². The Morgan fingerprint density at radius 2 is 2.00 bits per heavy atom. The largest absolute Gasteiger partial charge is 0.368 e. The SMILES string of the molecule is C=CCCNc1nnc(C)c2ccccc12. The van der Waals surface area contributed by atoms with Gasteiger partial charge in [0.25, 0.3) is 0 Å². The van der Waals surface area contributed by atoms with Crippen LogP contribution in [0.15, 0.2) is 36.9 Å². The fourth-order valence-electron chi connectivity index (χ4n) is 1.66. The number of aromatic nitrogens is 2. The molecule has 0 saturated carbocycles. The number of fused-ring (bicyclic) bond motifs is 1. The van der Waals surface area contributed by atoms with Crippen molar-refractivity contribution in [3.05, 3.63) is 42.6 Å². The van der Waals surface area contributed by atoms with E-state index in [0.29, 0.717) is 0 Å². The zero-order chi connectivity index (χ0) is 11.4. The molecule has 0 aliphatic heterocycles. The lowest BCUT2D eigenvalue weighted by atomic mass is 10.1. The summed E-state index contributed by atoms with van der Waals surface area (Å²) in [5, 5.41) is 13.9. The van der Waals surface area contributed by atoms with E-state index in [1.54, 1.807) is 0 Å². The van der Waals surface area contributed by atoms with Crippen molar-refractivity contribution in [2.24, 2.45) is 0 Å². The molecule has 0 aliphatic carbocycles. The molecule has 0 spiro atoms. The minimum absolute atomic E-state index is 0.839. The molecule has 82 valence electrons. The molecule has 3 nitrogen and oxygen atoms in total. The predicted octanol–water partition coefficient (Wildman–Crippen LogP) is 2.93. The van der Waals surface area contributed by atoms with Gasteiger partial charge in [-0.2, -0.15) is 5.10 Å². The van der Waals surface area contributed by atoms with Crippen LogP contribution in [0.4, 0.5) is 5.82 Å². The summed E-state index contributed by atoms with van der Waals surface area (Å²) >= 11 is 0. The van der Waals surface area contributed by atoms with Crippen molar-refractivity contribution in [2.75, 3.05) is 11.9 Å². The van der Waals surface area contributed by atoms with Crippen LogP contribution in [0.1, 0.15) is 12.1 Å². The van der Waals surface area contributed by atoms with E-state index in [4.69, 9.17) is 0 Å². The molecule has 0 bridgehead atoms. The van der Waals surface area contributed by atoms with Crippen molar-refractivity contribution in [1.82, 2.24) is 10.2 Å². The normalized spacial score (nSPS) is 10.3. The highest BCUT2D eigenvalue weighted by Crippen LogP contribution is 2.21. The maximum Gasteiger partial charge on any atom is 0.156 e. The third kappa shape index (κ3) is 2.03. The second-order valence-electron chi connectivity index (χ2n) is 3.68. The Hall–Kier alpha value is -1.90. The Morgan fingerprint density at radius 1 is 1.25 bits per heavy atom. The van der Waals surface area contributed by atoms with Gasteiger partial charge in [0.2, 0.25) is 0 Å². The minimum atomic E-state index is 0.839. The number of nitrogens with one attached hydrogen (secondary N) is 1. The van der Waals surface area contributed by atoms with E-state index in [-0.39, 0.29) is 0 Å². The smallest absolute Gasteiger partial charge is 0.156 e. The minimum Gasteiger partial charge on any atom is -0.368 e. The summed E-state index contributed by atoms with van der Waals surface area (Å²) in [4.78, 5) is 0. The first-order chi connectivity index (χ1) is 7.83. The average Bonchev–Trinajstić information content (AvgIpc) is 2.33. The van der Waals surface area contributed by atoms with E-state index in [0.717, 1.165) is 35.2 Å². The Morgan fingerprint density at radius 3 is 2.75 bits per heavy atom. The molecule has 0 atom stereocenters. The van der Waals surface area contributed by atoms with Crippen molar-refractivity contribution < 1.29 is 0 Å². The Balaban J connectivity index is 2.38. The monoisotopic (exact) mass is 213 g/mol. The van der Waals surface area contributed by atoms with Crippen molar-refractivity contribution in [3.63, 3.8) is 0 Å². The Labute approximate surface area is 95.2 Å². The molecular formula is C13H15N3. The summed E-state index contributed by atoms with van der Waals surface area (Å²) in [6.07, 6.45) is 2.81. The van der Waals surface area contributed by atoms with Crippen LogP contribution in [0, 0.1) is 6.92 Å². The molecule has 2 rings (SSSR count). The zero-order valence-corrected chi connectivity index (χ0v) is 9.40. The van der Waals surface area contributed by atoms with Crippen LogP contribution in [0.5, 0.6) is 0 Å². The molecule has 0 saturated heterocycles. The van der Waals surface area contributed by atoms with Gasteiger partial charge in [-0.3, -0.25) is 0 Å². The number of rotatable bonds is 4. The van der Waals surface area contributed by atoms with Crippen LogP contribution < -0.4 is 5.32 Å². The molecule has 0 radical (unpaired) electrons. The third-order valence-corrected chi connectivity index (χ3v) is 2.51. The molecule has 0 unspecified atom stereocenters. The van der Waals surface area contributed by atoms with Crippen LogP contribution in [0.2, 0.25) is 0 Å². The first-order valence-electron chi connectivity index (χ1n) is 5.39. The summed E-state index contributed by atoms with van der Waals surface area (Å²) in [7, 11) is 0. The number of benzene rings is 1. The molecular weight excluding hydrogens is 198 g/mol. The lowest BCUT2D eigenvalue weighted by molar-refractivity contribution is 0.973. The maximum absolute atomic E-state index is 4.18. The standard InChI is InChI=1S/C13H15N3/c1-3-4-9-14-13-12-8-6-5-7-11(12)10(2)15-16-13/h3,5-8H,1,4,9H2,2H3,(H,14,16). The van der Waals surface area contributed by atoms with Crippen LogP contribution in [0.3, 0.4) is 0 Å². The number of aryl methyl sites for hydroxylation is 1.